The van der Waals surface area contributed by atoms with E-state index < -0.39 is 5.91 Å². The first-order valence-electron chi connectivity index (χ1n) is 10.7. The van der Waals surface area contributed by atoms with Crippen molar-refractivity contribution in [3.05, 3.63) is 87.3 Å². The summed E-state index contributed by atoms with van der Waals surface area (Å²) in [6.07, 6.45) is 3.72. The van der Waals surface area contributed by atoms with Gasteiger partial charge in [0, 0.05) is 4.88 Å². The Morgan fingerprint density at radius 1 is 1.18 bits per heavy atom. The monoisotopic (exact) mass is 476 g/mol. The smallest absolute Gasteiger partial charge is 0.262 e. The SMILES string of the molecule is CCc1cc2c(=O)n(CC(=O)N/N=C\c3ccc(OCc4ccccc4)c(OC)c3)cnc2s1. The molecule has 0 aliphatic heterocycles. The summed E-state index contributed by atoms with van der Waals surface area (Å²) >= 11 is 1.49. The minimum Gasteiger partial charge on any atom is -0.493 e. The summed E-state index contributed by atoms with van der Waals surface area (Å²) in [5.74, 6) is 0.731. The molecule has 2 aromatic carbocycles. The van der Waals surface area contributed by atoms with Crippen LogP contribution in [-0.4, -0.2) is 28.8 Å². The Balaban J connectivity index is 1.37. The molecular formula is C25H24N4O4S. The highest BCUT2D eigenvalue weighted by atomic mass is 32.1. The molecule has 0 saturated heterocycles. The van der Waals surface area contributed by atoms with Crippen LogP contribution in [0.3, 0.4) is 0 Å². The van der Waals surface area contributed by atoms with Crippen molar-refractivity contribution in [2.75, 3.05) is 7.11 Å². The average molecular weight is 477 g/mol. The number of amides is 1. The first-order chi connectivity index (χ1) is 16.6. The van der Waals surface area contributed by atoms with Crippen LogP contribution in [0, 0.1) is 0 Å². The number of hydrogen-bond acceptors (Lipinski definition) is 7. The number of nitrogens with one attached hydrogen (secondary N) is 1. The van der Waals surface area contributed by atoms with Crippen LogP contribution in [0.25, 0.3) is 10.2 Å². The van der Waals surface area contributed by atoms with Crippen LogP contribution in [0.4, 0.5) is 0 Å². The minimum atomic E-state index is -0.430. The largest absolute Gasteiger partial charge is 0.493 e. The molecule has 0 spiro atoms. The Labute approximate surface area is 200 Å². The molecule has 0 atom stereocenters. The number of hydrogen-bond donors (Lipinski definition) is 1. The third-order valence-electron chi connectivity index (χ3n) is 5.06. The highest BCUT2D eigenvalue weighted by Crippen LogP contribution is 2.28. The highest BCUT2D eigenvalue weighted by molar-refractivity contribution is 7.18. The third kappa shape index (κ3) is 5.49. The molecule has 34 heavy (non-hydrogen) atoms. The van der Waals surface area contributed by atoms with Gasteiger partial charge < -0.3 is 9.47 Å². The Bertz CT molecular complexity index is 1380. The molecule has 0 radical (unpaired) electrons. The second-order valence-corrected chi connectivity index (χ2v) is 8.56. The van der Waals surface area contributed by atoms with Crippen molar-refractivity contribution in [2.45, 2.75) is 26.5 Å². The van der Waals surface area contributed by atoms with Crippen LogP contribution in [0.1, 0.15) is 22.9 Å². The van der Waals surface area contributed by atoms with Crippen molar-refractivity contribution in [2.24, 2.45) is 5.10 Å². The zero-order valence-corrected chi connectivity index (χ0v) is 19.7. The van der Waals surface area contributed by atoms with E-state index in [1.54, 1.807) is 19.2 Å². The summed E-state index contributed by atoms with van der Waals surface area (Å²) in [7, 11) is 1.56. The summed E-state index contributed by atoms with van der Waals surface area (Å²) < 4.78 is 12.6. The number of aromatic nitrogens is 2. The van der Waals surface area contributed by atoms with E-state index in [9.17, 15) is 9.59 Å². The molecule has 2 aromatic heterocycles. The van der Waals surface area contributed by atoms with E-state index in [1.165, 1.54) is 28.4 Å². The van der Waals surface area contributed by atoms with Gasteiger partial charge in [0.25, 0.3) is 11.5 Å². The second-order valence-electron chi connectivity index (χ2n) is 7.44. The first kappa shape index (κ1) is 23.2. The zero-order chi connectivity index (χ0) is 23.9. The number of thiophene rings is 1. The fraction of sp³-hybridized carbons (Fsp3) is 0.200. The van der Waals surface area contributed by atoms with Crippen molar-refractivity contribution in [1.29, 1.82) is 0 Å². The van der Waals surface area contributed by atoms with Gasteiger partial charge in [-0.1, -0.05) is 37.3 Å². The Morgan fingerprint density at radius 3 is 2.76 bits per heavy atom. The maximum absolute atomic E-state index is 12.6. The van der Waals surface area contributed by atoms with E-state index in [2.05, 4.69) is 15.5 Å². The maximum atomic E-state index is 12.6. The van der Waals surface area contributed by atoms with E-state index >= 15 is 0 Å². The topological polar surface area (TPSA) is 94.8 Å². The van der Waals surface area contributed by atoms with Gasteiger partial charge in [-0.15, -0.1) is 11.3 Å². The lowest BCUT2D eigenvalue weighted by Crippen LogP contribution is -2.29. The van der Waals surface area contributed by atoms with E-state index in [0.717, 1.165) is 22.4 Å². The lowest BCUT2D eigenvalue weighted by atomic mass is 10.2. The van der Waals surface area contributed by atoms with Crippen molar-refractivity contribution < 1.29 is 14.3 Å². The van der Waals surface area contributed by atoms with Gasteiger partial charge in [0.15, 0.2) is 11.5 Å². The highest BCUT2D eigenvalue weighted by Gasteiger charge is 2.11. The number of carbonyl (C=O) groups is 1. The fourth-order valence-electron chi connectivity index (χ4n) is 3.28. The van der Waals surface area contributed by atoms with Crippen LogP contribution in [-0.2, 0) is 24.4 Å². The van der Waals surface area contributed by atoms with Crippen LogP contribution >= 0.6 is 11.3 Å². The molecule has 0 aliphatic carbocycles. The Hall–Kier alpha value is -3.98. The maximum Gasteiger partial charge on any atom is 0.262 e. The predicted molar refractivity (Wildman–Crippen MR) is 133 cm³/mol. The molecule has 0 bridgehead atoms. The van der Waals surface area contributed by atoms with Crippen LogP contribution in [0.15, 0.2) is 70.8 Å². The lowest BCUT2D eigenvalue weighted by molar-refractivity contribution is -0.121. The predicted octanol–water partition coefficient (Wildman–Crippen LogP) is 3.76. The molecule has 174 valence electrons. The summed E-state index contributed by atoms with van der Waals surface area (Å²) in [5.41, 5.74) is 3.97. The molecule has 4 rings (SSSR count). The van der Waals surface area contributed by atoms with Crippen molar-refractivity contribution >= 4 is 33.7 Å². The summed E-state index contributed by atoms with van der Waals surface area (Å²) in [5, 5.41) is 4.52. The van der Waals surface area contributed by atoms with Gasteiger partial charge in [0.1, 0.15) is 18.0 Å². The third-order valence-corrected chi connectivity index (χ3v) is 6.25. The van der Waals surface area contributed by atoms with Crippen molar-refractivity contribution in [1.82, 2.24) is 15.0 Å². The molecular weight excluding hydrogens is 452 g/mol. The van der Waals surface area contributed by atoms with Crippen LogP contribution in [0.5, 0.6) is 11.5 Å². The minimum absolute atomic E-state index is 0.175. The number of benzene rings is 2. The Morgan fingerprint density at radius 2 is 2.00 bits per heavy atom. The standard InChI is InChI=1S/C25H24N4O4S/c1-3-19-12-20-24(34-19)26-16-29(25(20)31)14-23(30)28-27-13-18-9-10-21(22(11-18)32-2)33-15-17-7-5-4-6-8-17/h4-13,16H,3,14-15H2,1-2H3,(H,28,30)/b27-13-. The molecule has 0 aliphatic rings. The van der Waals surface area contributed by atoms with E-state index in [1.807, 2.05) is 49.4 Å². The van der Waals surface area contributed by atoms with Gasteiger partial charge >= 0.3 is 0 Å². The quantitative estimate of drug-likeness (QED) is 0.293. The van der Waals surface area contributed by atoms with Crippen molar-refractivity contribution in [3.63, 3.8) is 0 Å². The normalized spacial score (nSPS) is 11.1. The van der Waals surface area contributed by atoms with Gasteiger partial charge in [0.2, 0.25) is 0 Å². The fourth-order valence-corrected chi connectivity index (χ4v) is 4.21. The average Bonchev–Trinajstić information content (AvgIpc) is 3.30. The van der Waals surface area contributed by atoms with E-state index in [-0.39, 0.29) is 12.1 Å². The number of hydrazone groups is 1. The number of nitrogens with zero attached hydrogens (tertiary/aromatic N) is 3. The van der Waals surface area contributed by atoms with Crippen molar-refractivity contribution in [3.8, 4) is 11.5 Å². The molecule has 0 saturated carbocycles. The van der Waals surface area contributed by atoms with Gasteiger partial charge in [0.05, 0.1) is 25.0 Å². The Kier molecular flexibility index (Phi) is 7.34. The number of ether oxygens (including phenoxy) is 2. The van der Waals surface area contributed by atoms with Gasteiger partial charge in [-0.3, -0.25) is 14.2 Å². The molecule has 8 nitrogen and oxygen atoms in total. The molecule has 0 fully saturated rings. The summed E-state index contributed by atoms with van der Waals surface area (Å²) in [6.45, 7) is 2.27. The molecule has 2 heterocycles. The number of fused-ring (bicyclic) bond motifs is 1. The molecule has 1 amide bonds. The summed E-state index contributed by atoms with van der Waals surface area (Å²) in [4.78, 5) is 31.0. The molecule has 9 heteroatoms. The second kappa shape index (κ2) is 10.8. The number of carbonyl (C=O) groups excluding carboxylic acids is 1. The molecule has 1 N–H and O–H groups in total. The van der Waals surface area contributed by atoms with Crippen LogP contribution < -0.4 is 20.5 Å². The van der Waals surface area contributed by atoms with E-state index in [0.29, 0.717) is 28.3 Å². The zero-order valence-electron chi connectivity index (χ0n) is 18.9. The van der Waals surface area contributed by atoms with Gasteiger partial charge in [-0.05, 0) is 41.8 Å². The molecule has 4 aromatic rings. The van der Waals surface area contributed by atoms with Gasteiger partial charge in [-0.2, -0.15) is 5.10 Å². The molecule has 0 unspecified atom stereocenters. The van der Waals surface area contributed by atoms with E-state index in [4.69, 9.17) is 9.47 Å². The number of rotatable bonds is 9. The summed E-state index contributed by atoms with van der Waals surface area (Å²) in [6, 6.07) is 17.0. The first-order valence-corrected chi connectivity index (χ1v) is 11.5. The number of methoxy groups -OCH3 is 1. The number of aryl methyl sites for hydroxylation is 1. The van der Waals surface area contributed by atoms with Gasteiger partial charge in [-0.25, -0.2) is 10.4 Å². The lowest BCUT2D eigenvalue weighted by Gasteiger charge is -2.11. The van der Waals surface area contributed by atoms with Crippen LogP contribution in [0.2, 0.25) is 0 Å².